The number of epoxide rings is 1. The lowest BCUT2D eigenvalue weighted by molar-refractivity contribution is -0.162. The van der Waals surface area contributed by atoms with Crippen LogP contribution in [0.1, 0.15) is 89.8 Å². The van der Waals surface area contributed by atoms with Crippen molar-refractivity contribution in [2.45, 2.75) is 134 Å². The summed E-state index contributed by atoms with van der Waals surface area (Å²) in [7, 11) is 8.45. The van der Waals surface area contributed by atoms with Crippen molar-refractivity contribution in [2.24, 2.45) is 11.7 Å². The Morgan fingerprint density at radius 1 is 1.01 bits per heavy atom. The van der Waals surface area contributed by atoms with E-state index in [0.717, 1.165) is 16.7 Å². The number of halogens is 1. The normalized spacial score (nSPS) is 24.3. The number of alkyl carbamates (subject to hydrolysis) is 1. The molecule has 1 aromatic heterocycles. The van der Waals surface area contributed by atoms with Crippen LogP contribution in [-0.2, 0) is 51.1 Å². The minimum atomic E-state index is -1.87. The van der Waals surface area contributed by atoms with E-state index < -0.39 is 102 Å². The Balaban J connectivity index is 0.834. The summed E-state index contributed by atoms with van der Waals surface area (Å²) in [5.74, 6) is -2.47. The van der Waals surface area contributed by atoms with E-state index >= 15 is 0 Å². The number of amides is 6. The fourth-order valence-corrected chi connectivity index (χ4v) is 13.8. The zero-order chi connectivity index (χ0) is 65.5. The molecule has 0 unspecified atom stereocenters. The van der Waals surface area contributed by atoms with Crippen LogP contribution in [0.2, 0.25) is 5.02 Å². The number of aromatic hydroxyl groups is 2. The molecule has 3 saturated heterocycles. The maximum atomic E-state index is 14.5. The van der Waals surface area contributed by atoms with E-state index in [2.05, 4.69) is 25.7 Å². The van der Waals surface area contributed by atoms with E-state index in [1.807, 2.05) is 45.1 Å². The van der Waals surface area contributed by atoms with Gasteiger partial charge in [0, 0.05) is 90.3 Å². The molecule has 25 nitrogen and oxygen atoms in total. The molecular weight excluding hydrogens is 1220 g/mol. The number of nitrogens with zero attached hydrogens (tertiary/aromatic N) is 6. The number of primary amides is 1. The molecule has 3 aromatic carbocycles. The average Bonchev–Trinajstić information content (AvgIpc) is 1.57. The second-order valence-corrected chi connectivity index (χ2v) is 26.7. The van der Waals surface area contributed by atoms with Gasteiger partial charge in [-0.2, -0.15) is 5.10 Å². The Bertz CT molecular complexity index is 3430. The molecule has 4 aliphatic heterocycles. The van der Waals surface area contributed by atoms with Gasteiger partial charge in [0.25, 0.3) is 0 Å². The number of phenolic OH excluding ortho intramolecular Hbond substituents is 2. The summed E-state index contributed by atoms with van der Waals surface area (Å²) in [6, 6.07) is 11.2. The van der Waals surface area contributed by atoms with Crippen molar-refractivity contribution in [1.82, 2.24) is 40.1 Å². The number of ether oxygens (including phenoxy) is 5. The standard InChI is InChI=1S/C62H81ClN10O15S2/c1-34(2)41-28-42(46(75)29-45(41)74)56-67-68-59(81)73(56)40-17-15-38(16-18-40)32-71-20-22-72(23-21-71)58(80)65-43(55(64)78)33-90-89-24-19-51(76)69(7)37(5)57(79)87-50-30-52(77)70(8)44-26-39(27-47(84-9)53(44)63)25-35(3)13-11-12-14-49(85-10)62(83)31-48(86-60(82)66-62)36(4)54-61(50,6)88-54/h12-18,26-29,34,36-37,43,48-50,54,74-75,83H,11,19-25,30-33H2,1-10H3,(H2,64,78)(H,65,80)(H,66,82)(H,68,81)/b14-12+,35-13?/t36-,37+,43+,48+,49-,50+,54+,61+,62+/m1/s1. The number of carbonyl (C=O) groups excluding carboxylic acids is 6. The number of fused-ring (bicyclic) bond motifs is 5. The van der Waals surface area contributed by atoms with Crippen LogP contribution in [-0.4, -0.2) is 194 Å². The largest absolute Gasteiger partial charge is 0.508 e. The van der Waals surface area contributed by atoms with Crippen LogP contribution in [0.15, 0.2) is 77.1 Å². The minimum absolute atomic E-state index is 0.0163. The SMILES string of the molecule is COc1cc2cc(c1Cl)N(C)C(=O)C[C@H](OC(=O)[C@H](C)N(C)C(=O)CCSSC[C@H](NC(=O)N1CCN(Cc3ccc(-n4c(-c5cc(C(C)C)c(O)cc5O)n[nH]c4=O)cc3)CC1)C(N)=O)[C@]1(C)O[C@H]1[C@H](C)[C@@H]1C[C@@](O)(NC(=O)O1)[C@H](OC)/C=C/CC=C(C)C2. The van der Waals surface area contributed by atoms with E-state index in [4.69, 9.17) is 41.0 Å². The predicted molar refractivity (Wildman–Crippen MR) is 341 cm³/mol. The van der Waals surface area contributed by atoms with E-state index in [1.54, 1.807) is 62.2 Å². The average molecular weight is 1310 g/mol. The first-order valence-corrected chi connectivity index (χ1v) is 32.5. The monoisotopic (exact) mass is 1300 g/mol. The third-order valence-corrected chi connectivity index (χ3v) is 19.9. The van der Waals surface area contributed by atoms with Crippen LogP contribution in [0.3, 0.4) is 0 Å². The molecule has 0 saturated carbocycles. The summed E-state index contributed by atoms with van der Waals surface area (Å²) in [6.45, 7) is 13.1. The lowest BCUT2D eigenvalue weighted by atomic mass is 9.83. The Labute approximate surface area is 535 Å². The lowest BCUT2D eigenvalue weighted by Crippen LogP contribution is -2.63. The number of nitrogens with two attached hydrogens (primary N) is 1. The Kier molecular flexibility index (Phi) is 22.4. The highest BCUT2D eigenvalue weighted by molar-refractivity contribution is 8.76. The second kappa shape index (κ2) is 29.3. The van der Waals surface area contributed by atoms with Gasteiger partial charge in [-0.1, -0.05) is 89.9 Å². The third-order valence-electron chi connectivity index (χ3n) is 17.1. The number of carbonyl (C=O) groups is 6. The summed E-state index contributed by atoms with van der Waals surface area (Å²) < 4.78 is 30.9. The van der Waals surface area contributed by atoms with Crippen LogP contribution in [0, 0.1) is 5.92 Å². The van der Waals surface area contributed by atoms with Gasteiger partial charge in [0.05, 0.1) is 36.6 Å². The molecule has 6 amide bonds. The number of methoxy groups -OCH3 is 2. The van der Waals surface area contributed by atoms with Crippen LogP contribution in [0.5, 0.6) is 17.2 Å². The van der Waals surface area contributed by atoms with Gasteiger partial charge in [-0.05, 0) is 86.6 Å². The number of piperazine rings is 1. The summed E-state index contributed by atoms with van der Waals surface area (Å²) in [6.07, 6.45) is 1.22. The molecule has 9 atom stereocenters. The van der Waals surface area contributed by atoms with Gasteiger partial charge < -0.3 is 64.8 Å². The number of aromatic nitrogens is 3. The van der Waals surface area contributed by atoms with Crippen molar-refractivity contribution in [3.63, 3.8) is 0 Å². The number of benzene rings is 3. The number of hydrogen-bond donors (Lipinski definition) is 7. The molecule has 0 spiro atoms. The Morgan fingerprint density at radius 3 is 2.39 bits per heavy atom. The zero-order valence-corrected chi connectivity index (χ0v) is 54.5. The summed E-state index contributed by atoms with van der Waals surface area (Å²) >= 11 is 6.85. The number of H-pyrrole nitrogens is 1. The van der Waals surface area contributed by atoms with Crippen LogP contribution < -0.4 is 31.7 Å². The highest BCUT2D eigenvalue weighted by Gasteiger charge is 2.64. The molecule has 4 aromatic rings. The number of phenols is 2. The maximum absolute atomic E-state index is 14.5. The van der Waals surface area contributed by atoms with Crippen molar-refractivity contribution < 1.29 is 67.8 Å². The van der Waals surface area contributed by atoms with Crippen LogP contribution in [0.25, 0.3) is 17.1 Å². The van der Waals surface area contributed by atoms with Crippen molar-refractivity contribution in [3.05, 3.63) is 105 Å². The van der Waals surface area contributed by atoms with Crippen LogP contribution >= 0.6 is 33.2 Å². The number of nitrogens with one attached hydrogen (secondary N) is 3. The van der Waals surface area contributed by atoms with Crippen LogP contribution in [0.4, 0.5) is 15.3 Å². The van der Waals surface area contributed by atoms with Gasteiger partial charge in [-0.3, -0.25) is 24.6 Å². The molecule has 4 aliphatic rings. The number of allylic oxidation sites excluding steroid dienone is 3. The third kappa shape index (κ3) is 15.9. The van der Waals surface area contributed by atoms with Gasteiger partial charge in [0.15, 0.2) is 11.5 Å². The number of esters is 1. The lowest BCUT2D eigenvalue weighted by Gasteiger charge is -2.42. The molecular formula is C62H81ClN10O15S2. The van der Waals surface area contributed by atoms with E-state index in [1.165, 1.54) is 70.2 Å². The zero-order valence-electron chi connectivity index (χ0n) is 52.2. The van der Waals surface area contributed by atoms with Crippen molar-refractivity contribution in [1.29, 1.82) is 0 Å². The maximum Gasteiger partial charge on any atom is 0.409 e. The van der Waals surface area contributed by atoms with Crippen molar-refractivity contribution >= 4 is 74.7 Å². The topological polar surface area (TPSA) is 326 Å². The Hall–Kier alpha value is -7.27. The van der Waals surface area contributed by atoms with Gasteiger partial charge in [-0.15, -0.1) is 0 Å². The molecule has 90 heavy (non-hydrogen) atoms. The molecule has 4 bridgehead atoms. The molecule has 5 heterocycles. The number of aliphatic hydroxyl groups is 1. The Morgan fingerprint density at radius 2 is 1.72 bits per heavy atom. The van der Waals surface area contributed by atoms with E-state index in [-0.39, 0.29) is 58.2 Å². The van der Waals surface area contributed by atoms with Gasteiger partial charge >= 0.3 is 23.8 Å². The highest BCUT2D eigenvalue weighted by Crippen LogP contribution is 2.49. The van der Waals surface area contributed by atoms with Gasteiger partial charge in [-0.25, -0.2) is 28.8 Å². The fraction of sp³-hybridized carbons (Fsp3) is 0.516. The molecule has 0 radical (unpaired) electrons. The molecule has 8 N–H and O–H groups in total. The molecule has 8 rings (SSSR count). The molecule has 488 valence electrons. The van der Waals surface area contributed by atoms with Gasteiger partial charge in [0.2, 0.25) is 17.7 Å². The van der Waals surface area contributed by atoms with Crippen molar-refractivity contribution in [2.75, 3.05) is 70.9 Å². The first kappa shape index (κ1) is 68.6. The number of likely N-dealkylation sites (N-methyl/N-ethyl adjacent to an activating group) is 1. The number of aromatic amines is 1. The minimum Gasteiger partial charge on any atom is -0.508 e. The number of hydrogen-bond acceptors (Lipinski definition) is 19. The molecule has 0 aliphatic carbocycles. The second-order valence-electron chi connectivity index (χ2n) is 23.7. The summed E-state index contributed by atoms with van der Waals surface area (Å²) in [5.41, 5.74) is 6.53. The van der Waals surface area contributed by atoms with Crippen molar-refractivity contribution in [3.8, 4) is 34.3 Å². The molecule has 28 heteroatoms. The molecule has 3 fully saturated rings. The van der Waals surface area contributed by atoms with E-state index in [9.17, 15) is 48.9 Å². The van der Waals surface area contributed by atoms with E-state index in [0.29, 0.717) is 68.3 Å². The number of anilines is 1. The highest BCUT2D eigenvalue weighted by atomic mass is 35.5. The summed E-state index contributed by atoms with van der Waals surface area (Å²) in [5, 5.41) is 45.1. The predicted octanol–water partition coefficient (Wildman–Crippen LogP) is 6.13. The smallest absolute Gasteiger partial charge is 0.409 e. The first-order chi connectivity index (χ1) is 42.7. The van der Waals surface area contributed by atoms with Gasteiger partial charge in [0.1, 0.15) is 58.3 Å². The number of rotatable bonds is 18. The summed E-state index contributed by atoms with van der Waals surface area (Å²) in [4.78, 5) is 101. The quantitative estimate of drug-likeness (QED) is 0.0194. The fourth-order valence-electron chi connectivity index (χ4n) is 11.4. The first-order valence-electron chi connectivity index (χ1n) is 29.6. The number of urea groups is 1.